The smallest absolute Gasteiger partial charge is 0.275 e. The Bertz CT molecular complexity index is 1100. The van der Waals surface area contributed by atoms with Gasteiger partial charge < -0.3 is 5.32 Å². The van der Waals surface area contributed by atoms with Crippen molar-refractivity contribution in [3.63, 3.8) is 0 Å². The number of nitrogens with zero attached hydrogens (tertiary/aromatic N) is 5. The molecule has 124 valence electrons. The van der Waals surface area contributed by atoms with E-state index in [1.165, 1.54) is 0 Å². The van der Waals surface area contributed by atoms with Gasteiger partial charge in [-0.15, -0.1) is 0 Å². The van der Waals surface area contributed by atoms with Crippen LogP contribution in [0.15, 0.2) is 59.9 Å². The number of aromatic nitrogens is 5. The molecule has 0 fully saturated rings. The van der Waals surface area contributed by atoms with Crippen LogP contribution < -0.4 is 10.9 Å². The molecule has 3 aromatic heterocycles. The normalized spacial score (nSPS) is 11.0. The fraction of sp³-hybridized carbons (Fsp3) is 0.118. The van der Waals surface area contributed by atoms with Crippen LogP contribution in [-0.2, 0) is 17.9 Å². The predicted molar refractivity (Wildman–Crippen MR) is 90.8 cm³/mol. The highest BCUT2D eigenvalue weighted by Crippen LogP contribution is 2.06. The summed E-state index contributed by atoms with van der Waals surface area (Å²) in [5.74, 6) is 0.258. The molecule has 25 heavy (non-hydrogen) atoms. The SMILES string of the molecule is O=C(Cn1ncc2ccccc2c1=O)NCc1cn2cccnc2n1. The van der Waals surface area contributed by atoms with Crippen molar-refractivity contribution in [3.8, 4) is 0 Å². The molecule has 8 nitrogen and oxygen atoms in total. The lowest BCUT2D eigenvalue weighted by atomic mass is 10.2. The topological polar surface area (TPSA) is 94.2 Å². The molecule has 0 radical (unpaired) electrons. The van der Waals surface area contributed by atoms with Crippen LogP contribution >= 0.6 is 0 Å². The van der Waals surface area contributed by atoms with E-state index in [0.29, 0.717) is 16.9 Å². The summed E-state index contributed by atoms with van der Waals surface area (Å²) in [4.78, 5) is 32.9. The van der Waals surface area contributed by atoms with Gasteiger partial charge in [0, 0.05) is 24.0 Å². The quantitative estimate of drug-likeness (QED) is 0.594. The lowest BCUT2D eigenvalue weighted by Crippen LogP contribution is -2.33. The van der Waals surface area contributed by atoms with Gasteiger partial charge >= 0.3 is 0 Å². The van der Waals surface area contributed by atoms with E-state index in [4.69, 9.17) is 0 Å². The summed E-state index contributed by atoms with van der Waals surface area (Å²) in [5, 5.41) is 8.08. The summed E-state index contributed by atoms with van der Waals surface area (Å²) < 4.78 is 2.93. The van der Waals surface area contributed by atoms with Gasteiger partial charge in [-0.3, -0.25) is 14.0 Å². The molecule has 0 unspecified atom stereocenters. The third-order valence-electron chi connectivity index (χ3n) is 3.81. The number of rotatable bonds is 4. The monoisotopic (exact) mass is 334 g/mol. The van der Waals surface area contributed by atoms with Crippen LogP contribution in [-0.4, -0.2) is 30.1 Å². The zero-order valence-corrected chi connectivity index (χ0v) is 13.2. The molecule has 4 rings (SSSR count). The summed E-state index contributed by atoms with van der Waals surface area (Å²) in [6.07, 6.45) is 6.86. The van der Waals surface area contributed by atoms with E-state index < -0.39 is 0 Å². The first kappa shape index (κ1) is 15.0. The average molecular weight is 334 g/mol. The van der Waals surface area contributed by atoms with E-state index in [1.807, 2.05) is 18.3 Å². The largest absolute Gasteiger partial charge is 0.349 e. The van der Waals surface area contributed by atoms with Crippen LogP contribution in [0.5, 0.6) is 0 Å². The Labute approximate surface area is 141 Å². The Kier molecular flexibility index (Phi) is 3.70. The number of nitrogens with one attached hydrogen (secondary N) is 1. The number of carbonyl (C=O) groups is 1. The molecule has 0 saturated heterocycles. The van der Waals surface area contributed by atoms with Crippen molar-refractivity contribution in [2.45, 2.75) is 13.1 Å². The minimum Gasteiger partial charge on any atom is -0.349 e. The molecule has 1 aromatic carbocycles. The van der Waals surface area contributed by atoms with Gasteiger partial charge in [-0.25, -0.2) is 14.6 Å². The molecule has 0 spiro atoms. The Hall–Kier alpha value is -3.55. The summed E-state index contributed by atoms with van der Waals surface area (Å²) in [5.41, 5.74) is 0.399. The molecular formula is C17H14N6O2. The van der Waals surface area contributed by atoms with Crippen LogP contribution in [0.2, 0.25) is 0 Å². The van der Waals surface area contributed by atoms with Gasteiger partial charge in [0.1, 0.15) is 6.54 Å². The molecule has 0 aliphatic carbocycles. The zero-order chi connectivity index (χ0) is 17.2. The lowest BCUT2D eigenvalue weighted by Gasteiger charge is -2.06. The molecule has 1 amide bonds. The Morgan fingerprint density at radius 3 is 2.96 bits per heavy atom. The van der Waals surface area contributed by atoms with Gasteiger partial charge in [0.05, 0.1) is 23.8 Å². The van der Waals surface area contributed by atoms with E-state index in [1.54, 1.807) is 41.2 Å². The Morgan fingerprint density at radius 1 is 1.20 bits per heavy atom. The molecule has 0 aliphatic heterocycles. The van der Waals surface area contributed by atoms with Crippen molar-refractivity contribution in [2.75, 3.05) is 0 Å². The summed E-state index contributed by atoms with van der Waals surface area (Å²) in [6, 6.07) is 8.95. The second-order valence-electron chi connectivity index (χ2n) is 5.53. The summed E-state index contributed by atoms with van der Waals surface area (Å²) in [7, 11) is 0. The van der Waals surface area contributed by atoms with Gasteiger partial charge in [-0.1, -0.05) is 18.2 Å². The molecule has 0 atom stereocenters. The van der Waals surface area contributed by atoms with Crippen molar-refractivity contribution in [2.24, 2.45) is 0 Å². The van der Waals surface area contributed by atoms with Crippen molar-refractivity contribution < 1.29 is 4.79 Å². The molecule has 0 bridgehead atoms. The highest BCUT2D eigenvalue weighted by atomic mass is 16.2. The predicted octanol–water partition coefficient (Wildman–Crippen LogP) is 0.756. The van der Waals surface area contributed by atoms with Crippen LogP contribution in [0.3, 0.4) is 0 Å². The van der Waals surface area contributed by atoms with Crippen molar-refractivity contribution in [1.29, 1.82) is 0 Å². The maximum atomic E-state index is 12.4. The fourth-order valence-electron chi connectivity index (χ4n) is 2.59. The Balaban J connectivity index is 1.47. The molecule has 8 heteroatoms. The summed E-state index contributed by atoms with van der Waals surface area (Å²) in [6.45, 7) is 0.111. The number of benzene rings is 1. The van der Waals surface area contributed by atoms with Gasteiger partial charge in [0.15, 0.2) is 0 Å². The number of hydrogen-bond donors (Lipinski definition) is 1. The first-order chi connectivity index (χ1) is 12.2. The lowest BCUT2D eigenvalue weighted by molar-refractivity contribution is -0.122. The average Bonchev–Trinajstić information content (AvgIpc) is 3.06. The molecule has 4 aromatic rings. The van der Waals surface area contributed by atoms with Crippen molar-refractivity contribution >= 4 is 22.5 Å². The molecule has 3 heterocycles. The molecule has 1 N–H and O–H groups in total. The highest BCUT2D eigenvalue weighted by molar-refractivity contribution is 5.81. The van der Waals surface area contributed by atoms with Gasteiger partial charge in [0.2, 0.25) is 11.7 Å². The highest BCUT2D eigenvalue weighted by Gasteiger charge is 2.09. The van der Waals surface area contributed by atoms with Gasteiger partial charge in [-0.2, -0.15) is 5.10 Å². The molecular weight excluding hydrogens is 320 g/mol. The first-order valence-corrected chi connectivity index (χ1v) is 7.71. The number of hydrogen-bond acceptors (Lipinski definition) is 5. The van der Waals surface area contributed by atoms with Crippen LogP contribution in [0.25, 0.3) is 16.6 Å². The van der Waals surface area contributed by atoms with E-state index in [-0.39, 0.29) is 24.6 Å². The minimum absolute atomic E-state index is 0.144. The Morgan fingerprint density at radius 2 is 2.08 bits per heavy atom. The second-order valence-corrected chi connectivity index (χ2v) is 5.53. The van der Waals surface area contributed by atoms with Crippen LogP contribution in [0.4, 0.5) is 0 Å². The fourth-order valence-corrected chi connectivity index (χ4v) is 2.59. The van der Waals surface area contributed by atoms with Crippen molar-refractivity contribution in [3.05, 3.63) is 71.2 Å². The van der Waals surface area contributed by atoms with Crippen LogP contribution in [0.1, 0.15) is 5.69 Å². The second kappa shape index (κ2) is 6.16. The third kappa shape index (κ3) is 2.97. The number of imidazole rings is 1. The van der Waals surface area contributed by atoms with E-state index in [2.05, 4.69) is 20.4 Å². The molecule has 0 aliphatic rings. The van der Waals surface area contributed by atoms with Crippen molar-refractivity contribution in [1.82, 2.24) is 29.5 Å². The maximum Gasteiger partial charge on any atom is 0.275 e. The maximum absolute atomic E-state index is 12.4. The number of fused-ring (bicyclic) bond motifs is 2. The number of amides is 1. The van der Waals surface area contributed by atoms with Gasteiger partial charge in [0.25, 0.3) is 5.56 Å². The molecule has 0 saturated carbocycles. The number of carbonyl (C=O) groups excluding carboxylic acids is 1. The first-order valence-electron chi connectivity index (χ1n) is 7.71. The van der Waals surface area contributed by atoms with Gasteiger partial charge in [-0.05, 0) is 12.1 Å². The summed E-state index contributed by atoms with van der Waals surface area (Å²) >= 11 is 0. The third-order valence-corrected chi connectivity index (χ3v) is 3.81. The van der Waals surface area contributed by atoms with E-state index >= 15 is 0 Å². The zero-order valence-electron chi connectivity index (χ0n) is 13.2. The van der Waals surface area contributed by atoms with E-state index in [9.17, 15) is 9.59 Å². The van der Waals surface area contributed by atoms with E-state index in [0.717, 1.165) is 10.1 Å². The minimum atomic E-state index is -0.310. The van der Waals surface area contributed by atoms with Crippen LogP contribution in [0, 0.1) is 0 Å². The standard InChI is InChI=1S/C17H14N6O2/c24-15(19-9-13-10-22-7-3-6-18-17(22)21-13)11-23-16(25)14-5-2-1-4-12(14)8-20-23/h1-8,10H,9,11H2,(H,19,24).